The molecule has 4 nitrogen and oxygen atoms in total. The van der Waals surface area contributed by atoms with Crippen LogP contribution in [0.15, 0.2) is 24.3 Å². The SMILES string of the molecule is CCCN(CCN(C)C)c1ccc(/C=C/C(=O)O)c(Cl)c1. The van der Waals surface area contributed by atoms with E-state index in [1.54, 1.807) is 0 Å². The fourth-order valence-electron chi connectivity index (χ4n) is 1.97. The van der Waals surface area contributed by atoms with Gasteiger partial charge in [-0.2, -0.15) is 0 Å². The average molecular weight is 311 g/mol. The maximum absolute atomic E-state index is 10.6. The summed E-state index contributed by atoms with van der Waals surface area (Å²) in [6.07, 6.45) is 3.67. The van der Waals surface area contributed by atoms with E-state index in [-0.39, 0.29) is 0 Å². The van der Waals surface area contributed by atoms with E-state index in [1.807, 2.05) is 18.2 Å². The molecule has 1 N–H and O–H groups in total. The Hall–Kier alpha value is -1.52. The number of carbonyl (C=O) groups is 1. The summed E-state index contributed by atoms with van der Waals surface area (Å²) < 4.78 is 0. The van der Waals surface area contributed by atoms with Gasteiger partial charge in [-0.25, -0.2) is 4.79 Å². The Kier molecular flexibility index (Phi) is 7.26. The zero-order valence-electron chi connectivity index (χ0n) is 12.8. The van der Waals surface area contributed by atoms with Crippen LogP contribution in [0, 0.1) is 0 Å². The third-order valence-electron chi connectivity index (χ3n) is 3.07. The van der Waals surface area contributed by atoms with Crippen LogP contribution >= 0.6 is 11.6 Å². The minimum Gasteiger partial charge on any atom is -0.478 e. The molecule has 1 rings (SSSR count). The molecule has 116 valence electrons. The van der Waals surface area contributed by atoms with Crippen molar-refractivity contribution in [3.05, 3.63) is 34.9 Å². The second-order valence-corrected chi connectivity index (χ2v) is 5.57. The first-order valence-corrected chi connectivity index (χ1v) is 7.42. The highest BCUT2D eigenvalue weighted by Gasteiger charge is 2.08. The van der Waals surface area contributed by atoms with Crippen molar-refractivity contribution in [2.24, 2.45) is 0 Å². The number of hydrogen-bond donors (Lipinski definition) is 1. The largest absolute Gasteiger partial charge is 0.478 e. The van der Waals surface area contributed by atoms with Gasteiger partial charge < -0.3 is 14.9 Å². The highest BCUT2D eigenvalue weighted by atomic mass is 35.5. The van der Waals surface area contributed by atoms with Gasteiger partial charge >= 0.3 is 5.97 Å². The number of anilines is 1. The van der Waals surface area contributed by atoms with E-state index >= 15 is 0 Å². The predicted octanol–water partition coefficient (Wildman–Crippen LogP) is 3.22. The fourth-order valence-corrected chi connectivity index (χ4v) is 2.21. The molecule has 21 heavy (non-hydrogen) atoms. The lowest BCUT2D eigenvalue weighted by Gasteiger charge is -2.26. The van der Waals surface area contributed by atoms with E-state index in [4.69, 9.17) is 16.7 Å². The quantitative estimate of drug-likeness (QED) is 0.749. The van der Waals surface area contributed by atoms with Crippen LogP contribution < -0.4 is 4.90 Å². The third-order valence-corrected chi connectivity index (χ3v) is 3.39. The molecule has 0 atom stereocenters. The van der Waals surface area contributed by atoms with Crippen LogP contribution in [0.25, 0.3) is 6.08 Å². The second-order valence-electron chi connectivity index (χ2n) is 5.17. The zero-order valence-corrected chi connectivity index (χ0v) is 13.6. The predicted molar refractivity (Wildman–Crippen MR) is 89.2 cm³/mol. The summed E-state index contributed by atoms with van der Waals surface area (Å²) >= 11 is 6.24. The van der Waals surface area contributed by atoms with Crippen LogP contribution in [-0.2, 0) is 4.79 Å². The molecule has 1 aromatic carbocycles. The molecule has 0 bridgehead atoms. The Morgan fingerprint density at radius 3 is 2.52 bits per heavy atom. The van der Waals surface area contributed by atoms with Crippen molar-refractivity contribution in [1.82, 2.24) is 4.90 Å². The standard InChI is InChI=1S/C16H23ClN2O2/c1-4-9-19(11-10-18(2)3)14-7-5-13(15(17)12-14)6-8-16(20)21/h5-8,12H,4,9-11H2,1-3H3,(H,20,21)/b8-6+. The number of halogens is 1. The van der Waals surface area contributed by atoms with Crippen molar-refractivity contribution < 1.29 is 9.90 Å². The van der Waals surface area contributed by atoms with Crippen molar-refractivity contribution in [3.63, 3.8) is 0 Å². The summed E-state index contributed by atoms with van der Waals surface area (Å²) in [6, 6.07) is 5.74. The minimum atomic E-state index is -0.978. The number of benzene rings is 1. The van der Waals surface area contributed by atoms with E-state index in [9.17, 15) is 4.79 Å². The molecule has 0 heterocycles. The van der Waals surface area contributed by atoms with Crippen LogP contribution in [0.4, 0.5) is 5.69 Å². The molecule has 0 radical (unpaired) electrons. The monoisotopic (exact) mass is 310 g/mol. The number of likely N-dealkylation sites (N-methyl/N-ethyl adjacent to an activating group) is 1. The molecule has 0 aromatic heterocycles. The number of carboxylic acid groups (broad SMARTS) is 1. The van der Waals surface area contributed by atoms with Gasteiger partial charge in [0.25, 0.3) is 0 Å². The summed E-state index contributed by atoms with van der Waals surface area (Å²) in [4.78, 5) is 15.0. The molecule has 5 heteroatoms. The number of nitrogens with zero attached hydrogens (tertiary/aromatic N) is 2. The van der Waals surface area contributed by atoms with Crippen LogP contribution in [0.5, 0.6) is 0 Å². The number of rotatable bonds is 8. The van der Waals surface area contributed by atoms with Gasteiger partial charge in [-0.3, -0.25) is 0 Å². The molecule has 0 unspecified atom stereocenters. The van der Waals surface area contributed by atoms with Crippen LogP contribution in [0.3, 0.4) is 0 Å². The Morgan fingerprint density at radius 2 is 2.00 bits per heavy atom. The third kappa shape index (κ3) is 6.19. The summed E-state index contributed by atoms with van der Waals surface area (Å²) in [5, 5.41) is 9.22. The molecule has 0 amide bonds. The Balaban J connectivity index is 2.89. The number of hydrogen-bond acceptors (Lipinski definition) is 3. The van der Waals surface area contributed by atoms with Crippen LogP contribution in [0.2, 0.25) is 5.02 Å². The molecule has 0 aliphatic carbocycles. The van der Waals surface area contributed by atoms with Crippen LogP contribution in [-0.4, -0.2) is 49.7 Å². The molecular formula is C16H23ClN2O2. The lowest BCUT2D eigenvalue weighted by atomic mass is 10.1. The van der Waals surface area contributed by atoms with Gasteiger partial charge in [0, 0.05) is 36.4 Å². The summed E-state index contributed by atoms with van der Waals surface area (Å²) in [7, 11) is 4.10. The van der Waals surface area contributed by atoms with Crippen LogP contribution in [0.1, 0.15) is 18.9 Å². The van der Waals surface area contributed by atoms with Gasteiger partial charge in [0.1, 0.15) is 0 Å². The van der Waals surface area contributed by atoms with Crippen molar-refractivity contribution in [2.45, 2.75) is 13.3 Å². The van der Waals surface area contributed by atoms with E-state index in [0.29, 0.717) is 10.6 Å². The summed E-state index contributed by atoms with van der Waals surface area (Å²) in [5.74, 6) is -0.978. The van der Waals surface area contributed by atoms with E-state index in [0.717, 1.165) is 37.8 Å². The van der Waals surface area contributed by atoms with E-state index in [1.165, 1.54) is 6.08 Å². The number of aliphatic carboxylic acids is 1. The molecule has 0 aliphatic rings. The molecule has 0 spiro atoms. The summed E-state index contributed by atoms with van der Waals surface area (Å²) in [5.41, 5.74) is 1.78. The molecule has 0 saturated carbocycles. The highest BCUT2D eigenvalue weighted by molar-refractivity contribution is 6.32. The lowest BCUT2D eigenvalue weighted by molar-refractivity contribution is -0.131. The lowest BCUT2D eigenvalue weighted by Crippen LogP contribution is -2.32. The van der Waals surface area contributed by atoms with Gasteiger partial charge in [0.05, 0.1) is 0 Å². The van der Waals surface area contributed by atoms with Crippen molar-refractivity contribution in [1.29, 1.82) is 0 Å². The van der Waals surface area contributed by atoms with Gasteiger partial charge in [0.15, 0.2) is 0 Å². The van der Waals surface area contributed by atoms with E-state index in [2.05, 4.69) is 30.8 Å². The van der Waals surface area contributed by atoms with Crippen molar-refractivity contribution in [3.8, 4) is 0 Å². The van der Waals surface area contributed by atoms with Gasteiger partial charge in [-0.05, 0) is 44.3 Å². The normalized spacial score (nSPS) is 11.3. The zero-order chi connectivity index (χ0) is 15.8. The van der Waals surface area contributed by atoms with E-state index < -0.39 is 5.97 Å². The highest BCUT2D eigenvalue weighted by Crippen LogP contribution is 2.25. The number of carboxylic acids is 1. The first kappa shape index (κ1) is 17.5. The maximum atomic E-state index is 10.6. The topological polar surface area (TPSA) is 43.8 Å². The maximum Gasteiger partial charge on any atom is 0.328 e. The first-order valence-electron chi connectivity index (χ1n) is 7.04. The summed E-state index contributed by atoms with van der Waals surface area (Å²) in [6.45, 7) is 5.02. The average Bonchev–Trinajstić information content (AvgIpc) is 2.41. The molecule has 0 saturated heterocycles. The van der Waals surface area contributed by atoms with Gasteiger partial charge in [0.2, 0.25) is 0 Å². The molecular weight excluding hydrogens is 288 g/mol. The first-order chi connectivity index (χ1) is 9.93. The minimum absolute atomic E-state index is 0.566. The van der Waals surface area contributed by atoms with Gasteiger partial charge in [-0.15, -0.1) is 0 Å². The van der Waals surface area contributed by atoms with Crippen molar-refractivity contribution >= 4 is 29.3 Å². The molecule has 1 aromatic rings. The van der Waals surface area contributed by atoms with Gasteiger partial charge in [-0.1, -0.05) is 24.6 Å². The second kappa shape index (κ2) is 8.70. The Morgan fingerprint density at radius 1 is 1.29 bits per heavy atom. The fraction of sp³-hybridized carbons (Fsp3) is 0.438. The molecule has 0 aliphatic heterocycles. The Bertz CT molecular complexity index is 501. The molecule has 0 fully saturated rings. The van der Waals surface area contributed by atoms with Crippen molar-refractivity contribution in [2.75, 3.05) is 38.6 Å². The smallest absolute Gasteiger partial charge is 0.328 e. The Labute approximate surface area is 131 Å².